The standard InChI is InChI=1S/C23H24Cl2N2O5S/c24-17-7-5-16(6-8-17)21(26-9-11-32-12-10-26)15-27-14-18(13-20(27)23(28)29)33(30,31)22-4-2-1-3-19(22)25/h1-8,15,18,20H,9-14H2,(H,28,29)/t18-,20+/m1/s1. The number of hydrogen-bond acceptors (Lipinski definition) is 6. The van der Waals surface area contributed by atoms with Gasteiger partial charge in [0.05, 0.1) is 34.1 Å². The van der Waals surface area contributed by atoms with Gasteiger partial charge in [-0.2, -0.15) is 0 Å². The van der Waals surface area contributed by atoms with Gasteiger partial charge in [0, 0.05) is 30.9 Å². The van der Waals surface area contributed by atoms with Gasteiger partial charge in [0.2, 0.25) is 0 Å². The minimum Gasteiger partial charge on any atom is -0.480 e. The SMILES string of the molecule is O=C(O)[C@@H]1C[C@@H](S(=O)(=O)c2ccccc2Cl)CN1C=C(c1ccc(Cl)cc1)N1CCOCC1. The third kappa shape index (κ3) is 5.14. The van der Waals surface area contributed by atoms with E-state index in [1.807, 2.05) is 12.1 Å². The van der Waals surface area contributed by atoms with Gasteiger partial charge in [-0.1, -0.05) is 47.5 Å². The zero-order valence-electron chi connectivity index (χ0n) is 17.7. The highest BCUT2D eigenvalue weighted by Gasteiger charge is 2.43. The summed E-state index contributed by atoms with van der Waals surface area (Å²) in [4.78, 5) is 15.8. The van der Waals surface area contributed by atoms with Crippen LogP contribution in [0, 0.1) is 0 Å². The number of likely N-dealkylation sites (tertiary alicyclic amines) is 1. The van der Waals surface area contributed by atoms with E-state index in [0.29, 0.717) is 31.3 Å². The maximum absolute atomic E-state index is 13.3. The molecule has 0 aliphatic carbocycles. The molecule has 1 N–H and O–H groups in total. The molecular formula is C23H24Cl2N2O5S. The molecule has 0 bridgehead atoms. The van der Waals surface area contributed by atoms with Gasteiger partial charge < -0.3 is 19.6 Å². The molecule has 2 saturated heterocycles. The molecule has 2 aromatic rings. The zero-order valence-corrected chi connectivity index (χ0v) is 20.1. The molecule has 4 rings (SSSR count). The molecule has 2 aromatic carbocycles. The van der Waals surface area contributed by atoms with Crippen molar-refractivity contribution in [1.29, 1.82) is 0 Å². The van der Waals surface area contributed by atoms with E-state index < -0.39 is 27.1 Å². The van der Waals surface area contributed by atoms with Crippen molar-refractivity contribution in [3.05, 3.63) is 70.3 Å². The number of sulfone groups is 1. The summed E-state index contributed by atoms with van der Waals surface area (Å²) >= 11 is 12.2. The first-order chi connectivity index (χ1) is 15.8. The second kappa shape index (κ2) is 9.93. The lowest BCUT2D eigenvalue weighted by molar-refractivity contribution is -0.141. The van der Waals surface area contributed by atoms with Crippen molar-refractivity contribution >= 4 is 44.7 Å². The van der Waals surface area contributed by atoms with E-state index in [4.69, 9.17) is 27.9 Å². The number of halogens is 2. The molecule has 7 nitrogen and oxygen atoms in total. The molecule has 0 radical (unpaired) electrons. The van der Waals surface area contributed by atoms with Crippen LogP contribution in [-0.2, 0) is 19.4 Å². The number of carboxylic acids is 1. The average molecular weight is 511 g/mol. The van der Waals surface area contributed by atoms with Crippen molar-refractivity contribution in [2.24, 2.45) is 0 Å². The van der Waals surface area contributed by atoms with Gasteiger partial charge in [-0.25, -0.2) is 13.2 Å². The second-order valence-corrected chi connectivity index (χ2v) is 11.0. The first-order valence-corrected chi connectivity index (χ1v) is 12.8. The van der Waals surface area contributed by atoms with Crippen molar-refractivity contribution in [2.75, 3.05) is 32.8 Å². The van der Waals surface area contributed by atoms with Gasteiger partial charge in [0.15, 0.2) is 9.84 Å². The molecule has 176 valence electrons. The van der Waals surface area contributed by atoms with E-state index in [2.05, 4.69) is 4.90 Å². The molecule has 0 spiro atoms. The molecule has 0 aromatic heterocycles. The first kappa shape index (κ1) is 23.9. The number of nitrogens with zero attached hydrogens (tertiary/aromatic N) is 2. The van der Waals surface area contributed by atoms with Gasteiger partial charge >= 0.3 is 5.97 Å². The van der Waals surface area contributed by atoms with E-state index >= 15 is 0 Å². The zero-order chi connectivity index (χ0) is 23.6. The number of hydrogen-bond donors (Lipinski definition) is 1. The molecule has 0 amide bonds. The average Bonchev–Trinajstić information content (AvgIpc) is 3.24. The summed E-state index contributed by atoms with van der Waals surface area (Å²) in [6.45, 7) is 2.43. The number of ether oxygens (including phenoxy) is 1. The summed E-state index contributed by atoms with van der Waals surface area (Å²) in [7, 11) is -3.82. The number of aliphatic carboxylic acids is 1. The fraction of sp³-hybridized carbons (Fsp3) is 0.348. The quantitative estimate of drug-likeness (QED) is 0.634. The maximum atomic E-state index is 13.3. The monoisotopic (exact) mass is 510 g/mol. The third-order valence-corrected chi connectivity index (χ3v) is 8.83. The fourth-order valence-corrected chi connectivity index (χ4v) is 6.56. The van der Waals surface area contributed by atoms with Crippen molar-refractivity contribution in [3.8, 4) is 0 Å². The molecule has 10 heteroatoms. The van der Waals surface area contributed by atoms with Crippen LogP contribution in [0.2, 0.25) is 10.0 Å². The van der Waals surface area contributed by atoms with Gasteiger partial charge in [-0.3, -0.25) is 0 Å². The topological polar surface area (TPSA) is 87.1 Å². The lowest BCUT2D eigenvalue weighted by Crippen LogP contribution is -2.37. The van der Waals surface area contributed by atoms with Gasteiger partial charge in [0.25, 0.3) is 0 Å². The largest absolute Gasteiger partial charge is 0.480 e. The van der Waals surface area contributed by atoms with E-state index in [-0.39, 0.29) is 22.9 Å². The minimum atomic E-state index is -3.82. The summed E-state index contributed by atoms with van der Waals surface area (Å²) in [6.07, 6.45) is 1.73. The number of rotatable bonds is 6. The van der Waals surface area contributed by atoms with Crippen molar-refractivity contribution < 1.29 is 23.1 Å². The molecular weight excluding hydrogens is 487 g/mol. The Bertz CT molecular complexity index is 1150. The summed E-state index contributed by atoms with van der Waals surface area (Å²) in [5.74, 6) is -1.07. The normalized spacial score (nSPS) is 21.9. The highest BCUT2D eigenvalue weighted by molar-refractivity contribution is 7.92. The van der Waals surface area contributed by atoms with Crippen LogP contribution in [0.25, 0.3) is 5.70 Å². The van der Waals surface area contributed by atoms with Crippen molar-refractivity contribution in [1.82, 2.24) is 9.80 Å². The summed E-state index contributed by atoms with van der Waals surface area (Å²) in [5, 5.41) is 9.71. The van der Waals surface area contributed by atoms with Gasteiger partial charge in [-0.15, -0.1) is 0 Å². The van der Waals surface area contributed by atoms with Crippen LogP contribution < -0.4 is 0 Å². The van der Waals surface area contributed by atoms with E-state index in [0.717, 1.165) is 11.3 Å². The molecule has 0 unspecified atom stereocenters. The Morgan fingerprint density at radius 3 is 2.36 bits per heavy atom. The molecule has 2 aliphatic rings. The Morgan fingerprint density at radius 1 is 1.06 bits per heavy atom. The number of benzene rings is 2. The van der Waals surface area contributed by atoms with Gasteiger partial charge in [0.1, 0.15) is 6.04 Å². The molecule has 0 saturated carbocycles. The lowest BCUT2D eigenvalue weighted by atomic mass is 10.1. The van der Waals surface area contributed by atoms with Crippen molar-refractivity contribution in [3.63, 3.8) is 0 Å². The van der Waals surface area contributed by atoms with Crippen LogP contribution in [0.5, 0.6) is 0 Å². The van der Waals surface area contributed by atoms with Crippen molar-refractivity contribution in [2.45, 2.75) is 22.6 Å². The van der Waals surface area contributed by atoms with Crippen LogP contribution in [0.3, 0.4) is 0 Å². The highest BCUT2D eigenvalue weighted by Crippen LogP contribution is 2.33. The van der Waals surface area contributed by atoms with Crippen LogP contribution in [-0.4, -0.2) is 73.4 Å². The predicted octanol–water partition coefficient (Wildman–Crippen LogP) is 3.63. The van der Waals surface area contributed by atoms with E-state index in [1.165, 1.54) is 12.1 Å². The molecule has 2 atom stereocenters. The predicted molar refractivity (Wildman–Crippen MR) is 127 cm³/mol. The third-order valence-electron chi connectivity index (χ3n) is 5.95. The highest BCUT2D eigenvalue weighted by atomic mass is 35.5. The van der Waals surface area contributed by atoms with Gasteiger partial charge in [-0.05, 0) is 36.2 Å². The molecule has 2 heterocycles. The number of morpholine rings is 1. The molecule has 2 aliphatic heterocycles. The lowest BCUT2D eigenvalue weighted by Gasteiger charge is -2.33. The van der Waals surface area contributed by atoms with Crippen LogP contribution in [0.15, 0.2) is 59.6 Å². The summed E-state index contributed by atoms with van der Waals surface area (Å²) < 4.78 is 32.1. The first-order valence-electron chi connectivity index (χ1n) is 10.5. The van der Waals surface area contributed by atoms with Crippen LogP contribution in [0.4, 0.5) is 0 Å². The molecule has 2 fully saturated rings. The second-order valence-electron chi connectivity index (χ2n) is 8.00. The maximum Gasteiger partial charge on any atom is 0.326 e. The molecule has 33 heavy (non-hydrogen) atoms. The number of carbonyl (C=O) groups is 1. The Kier molecular flexibility index (Phi) is 7.19. The Hall–Kier alpha value is -2.26. The van der Waals surface area contributed by atoms with Crippen LogP contribution >= 0.6 is 23.2 Å². The summed E-state index contributed by atoms with van der Waals surface area (Å²) in [5.41, 5.74) is 1.67. The van der Waals surface area contributed by atoms with E-state index in [9.17, 15) is 18.3 Å². The Labute approximate surface area is 203 Å². The van der Waals surface area contributed by atoms with E-state index in [1.54, 1.807) is 35.4 Å². The fourth-order valence-electron chi connectivity index (χ4n) is 4.21. The Balaban J connectivity index is 1.70. The van der Waals surface area contributed by atoms with Crippen LogP contribution in [0.1, 0.15) is 12.0 Å². The number of carboxylic acid groups (broad SMARTS) is 1. The summed E-state index contributed by atoms with van der Waals surface area (Å²) in [6, 6.07) is 12.5. The minimum absolute atomic E-state index is 0.0257. The Morgan fingerprint density at radius 2 is 1.73 bits per heavy atom. The smallest absolute Gasteiger partial charge is 0.326 e.